The van der Waals surface area contributed by atoms with Crippen LogP contribution in [0.4, 0.5) is 5.69 Å². The third-order valence-corrected chi connectivity index (χ3v) is 4.94. The molecule has 2 aliphatic rings. The van der Waals surface area contributed by atoms with Gasteiger partial charge in [-0.3, -0.25) is 9.59 Å². The number of aryl methyl sites for hydroxylation is 1. The molecule has 1 fully saturated rings. The molecule has 0 saturated heterocycles. The van der Waals surface area contributed by atoms with E-state index in [9.17, 15) is 9.59 Å². The van der Waals surface area contributed by atoms with Crippen LogP contribution in [0.2, 0.25) is 0 Å². The summed E-state index contributed by atoms with van der Waals surface area (Å²) in [6, 6.07) is 6.18. The van der Waals surface area contributed by atoms with Crippen molar-refractivity contribution in [2.75, 3.05) is 12.4 Å². The summed E-state index contributed by atoms with van der Waals surface area (Å²) < 4.78 is 0. The molecule has 118 valence electrons. The molecule has 1 aromatic rings. The molecular formula is C17H23N3O2. The van der Waals surface area contributed by atoms with Crippen LogP contribution < -0.4 is 10.6 Å². The lowest BCUT2D eigenvalue weighted by Gasteiger charge is -2.50. The molecule has 0 aromatic heterocycles. The highest BCUT2D eigenvalue weighted by Crippen LogP contribution is 2.39. The van der Waals surface area contributed by atoms with Gasteiger partial charge in [-0.05, 0) is 44.7 Å². The molecule has 5 nitrogen and oxygen atoms in total. The number of hydrogen-bond acceptors (Lipinski definition) is 3. The van der Waals surface area contributed by atoms with E-state index in [1.807, 2.05) is 37.1 Å². The Labute approximate surface area is 131 Å². The first-order valence-electron chi connectivity index (χ1n) is 7.85. The molecule has 1 heterocycles. The molecule has 0 bridgehead atoms. The van der Waals surface area contributed by atoms with Crippen molar-refractivity contribution >= 4 is 17.5 Å². The molecule has 0 atom stereocenters. The van der Waals surface area contributed by atoms with E-state index < -0.39 is 0 Å². The van der Waals surface area contributed by atoms with Gasteiger partial charge in [-0.1, -0.05) is 11.6 Å². The van der Waals surface area contributed by atoms with Gasteiger partial charge in [0.1, 0.15) is 5.66 Å². The summed E-state index contributed by atoms with van der Waals surface area (Å²) in [7, 11) is 1.87. The first kappa shape index (κ1) is 14.9. The fraction of sp³-hybridized carbons (Fsp3) is 0.529. The monoisotopic (exact) mass is 301 g/mol. The van der Waals surface area contributed by atoms with Gasteiger partial charge in [0, 0.05) is 25.7 Å². The molecule has 0 unspecified atom stereocenters. The highest BCUT2D eigenvalue weighted by molar-refractivity contribution is 6.02. The van der Waals surface area contributed by atoms with Crippen molar-refractivity contribution in [3.05, 3.63) is 29.3 Å². The molecule has 3 rings (SSSR count). The number of benzene rings is 1. The molecule has 1 aromatic carbocycles. The SMILES string of the molecule is CC(=O)NC1CCC2(CC1)Nc1ccc(C)cc1C(=O)N2C. The van der Waals surface area contributed by atoms with E-state index in [1.54, 1.807) is 6.92 Å². The van der Waals surface area contributed by atoms with Crippen LogP contribution in [0.5, 0.6) is 0 Å². The first-order valence-corrected chi connectivity index (χ1v) is 7.85. The minimum atomic E-state index is -0.325. The van der Waals surface area contributed by atoms with Gasteiger partial charge in [-0.15, -0.1) is 0 Å². The van der Waals surface area contributed by atoms with Crippen molar-refractivity contribution < 1.29 is 9.59 Å². The van der Waals surface area contributed by atoms with E-state index in [4.69, 9.17) is 0 Å². The Morgan fingerprint density at radius 3 is 2.68 bits per heavy atom. The number of carbonyl (C=O) groups is 2. The largest absolute Gasteiger partial charge is 0.362 e. The average Bonchev–Trinajstić information content (AvgIpc) is 2.48. The zero-order valence-electron chi connectivity index (χ0n) is 13.4. The van der Waals surface area contributed by atoms with E-state index in [0.717, 1.165) is 42.5 Å². The van der Waals surface area contributed by atoms with Crippen LogP contribution in [0.1, 0.15) is 48.5 Å². The maximum Gasteiger partial charge on any atom is 0.257 e. The second-order valence-electron chi connectivity index (χ2n) is 6.54. The highest BCUT2D eigenvalue weighted by atomic mass is 16.2. The normalized spacial score (nSPS) is 27.3. The number of rotatable bonds is 1. The summed E-state index contributed by atoms with van der Waals surface area (Å²) in [5.41, 5.74) is 2.44. The fourth-order valence-electron chi connectivity index (χ4n) is 3.64. The van der Waals surface area contributed by atoms with Crippen molar-refractivity contribution in [1.29, 1.82) is 0 Å². The van der Waals surface area contributed by atoms with Gasteiger partial charge in [-0.2, -0.15) is 0 Å². The van der Waals surface area contributed by atoms with Crippen molar-refractivity contribution in [1.82, 2.24) is 10.2 Å². The maximum atomic E-state index is 12.7. The van der Waals surface area contributed by atoms with Gasteiger partial charge in [-0.25, -0.2) is 0 Å². The lowest BCUT2D eigenvalue weighted by atomic mass is 9.82. The van der Waals surface area contributed by atoms with Gasteiger partial charge in [0.2, 0.25) is 5.91 Å². The van der Waals surface area contributed by atoms with Gasteiger partial charge in [0.25, 0.3) is 5.91 Å². The number of fused-ring (bicyclic) bond motifs is 1. The van der Waals surface area contributed by atoms with Gasteiger partial charge < -0.3 is 15.5 Å². The van der Waals surface area contributed by atoms with Crippen molar-refractivity contribution in [2.45, 2.75) is 51.2 Å². The van der Waals surface area contributed by atoms with Gasteiger partial charge >= 0.3 is 0 Å². The van der Waals surface area contributed by atoms with Crippen LogP contribution in [0.25, 0.3) is 0 Å². The van der Waals surface area contributed by atoms with E-state index in [1.165, 1.54) is 0 Å². The van der Waals surface area contributed by atoms with Gasteiger partial charge in [0.05, 0.1) is 5.56 Å². The predicted octanol–water partition coefficient (Wildman–Crippen LogP) is 2.27. The topological polar surface area (TPSA) is 61.4 Å². The summed E-state index contributed by atoms with van der Waals surface area (Å²) in [6.07, 6.45) is 3.44. The second-order valence-corrected chi connectivity index (χ2v) is 6.54. The molecule has 1 spiro atoms. The van der Waals surface area contributed by atoms with E-state index in [-0.39, 0.29) is 23.5 Å². The Balaban J connectivity index is 1.83. The Kier molecular flexibility index (Phi) is 3.59. The van der Waals surface area contributed by atoms with Crippen molar-refractivity contribution in [2.24, 2.45) is 0 Å². The number of nitrogens with zero attached hydrogens (tertiary/aromatic N) is 1. The Morgan fingerprint density at radius 1 is 1.36 bits per heavy atom. The van der Waals surface area contributed by atoms with Crippen LogP contribution >= 0.6 is 0 Å². The Morgan fingerprint density at radius 2 is 2.05 bits per heavy atom. The Hall–Kier alpha value is -2.04. The number of nitrogens with one attached hydrogen (secondary N) is 2. The molecular weight excluding hydrogens is 278 g/mol. The summed E-state index contributed by atoms with van der Waals surface area (Å²) in [5.74, 6) is 0.0956. The molecule has 1 saturated carbocycles. The second kappa shape index (κ2) is 5.30. The summed E-state index contributed by atoms with van der Waals surface area (Å²) in [6.45, 7) is 3.55. The molecule has 2 N–H and O–H groups in total. The number of anilines is 1. The van der Waals surface area contributed by atoms with Gasteiger partial charge in [0.15, 0.2) is 0 Å². The summed E-state index contributed by atoms with van der Waals surface area (Å²) in [4.78, 5) is 25.8. The quantitative estimate of drug-likeness (QED) is 0.836. The summed E-state index contributed by atoms with van der Waals surface area (Å²) >= 11 is 0. The van der Waals surface area contributed by atoms with Crippen LogP contribution in [0.3, 0.4) is 0 Å². The predicted molar refractivity (Wildman–Crippen MR) is 85.7 cm³/mol. The molecule has 2 amide bonds. The number of carbonyl (C=O) groups excluding carboxylic acids is 2. The molecule has 1 aliphatic carbocycles. The zero-order chi connectivity index (χ0) is 15.9. The lowest BCUT2D eigenvalue weighted by molar-refractivity contribution is -0.120. The maximum absolute atomic E-state index is 12.7. The standard InChI is InChI=1S/C17H23N3O2/c1-11-4-5-15-14(10-11)16(22)20(3)17(19-15)8-6-13(7-9-17)18-12(2)21/h4-5,10,13,19H,6-9H2,1-3H3,(H,18,21). The summed E-state index contributed by atoms with van der Waals surface area (Å²) in [5, 5.41) is 6.57. The number of hydrogen-bond donors (Lipinski definition) is 2. The van der Waals surface area contributed by atoms with E-state index in [0.29, 0.717) is 0 Å². The minimum absolute atomic E-state index is 0.0165. The number of amides is 2. The van der Waals surface area contributed by atoms with E-state index >= 15 is 0 Å². The van der Waals surface area contributed by atoms with Crippen LogP contribution in [0, 0.1) is 6.92 Å². The van der Waals surface area contributed by atoms with Crippen LogP contribution in [-0.4, -0.2) is 35.5 Å². The van der Waals surface area contributed by atoms with Crippen molar-refractivity contribution in [3.63, 3.8) is 0 Å². The molecule has 5 heteroatoms. The average molecular weight is 301 g/mol. The van der Waals surface area contributed by atoms with Crippen molar-refractivity contribution in [3.8, 4) is 0 Å². The molecule has 0 radical (unpaired) electrons. The third-order valence-electron chi connectivity index (χ3n) is 4.94. The van der Waals surface area contributed by atoms with Crippen LogP contribution in [0.15, 0.2) is 18.2 Å². The molecule has 1 aliphatic heterocycles. The highest BCUT2D eigenvalue weighted by Gasteiger charge is 2.44. The Bertz CT molecular complexity index is 618. The fourth-order valence-corrected chi connectivity index (χ4v) is 3.64. The molecule has 22 heavy (non-hydrogen) atoms. The lowest BCUT2D eigenvalue weighted by Crippen LogP contribution is -2.61. The minimum Gasteiger partial charge on any atom is -0.362 e. The third kappa shape index (κ3) is 2.45. The van der Waals surface area contributed by atoms with Crippen LogP contribution in [-0.2, 0) is 4.79 Å². The smallest absolute Gasteiger partial charge is 0.257 e. The van der Waals surface area contributed by atoms with E-state index in [2.05, 4.69) is 10.6 Å². The zero-order valence-corrected chi connectivity index (χ0v) is 13.4. The first-order chi connectivity index (χ1) is 10.4.